The van der Waals surface area contributed by atoms with Crippen molar-refractivity contribution in [2.45, 2.75) is 84.7 Å². The highest BCUT2D eigenvalue weighted by atomic mass is 28.4. The molecule has 119 valence electrons. The van der Waals surface area contributed by atoms with Gasteiger partial charge in [0.15, 0.2) is 0 Å². The van der Waals surface area contributed by atoms with Crippen molar-refractivity contribution in [3.05, 3.63) is 0 Å². The summed E-state index contributed by atoms with van der Waals surface area (Å²) in [6, 6.07) is 3.70. The summed E-state index contributed by atoms with van der Waals surface area (Å²) in [6.07, 6.45) is 1.59. The van der Waals surface area contributed by atoms with Gasteiger partial charge < -0.3 is 4.43 Å². The van der Waals surface area contributed by atoms with Crippen LogP contribution in [-0.2, 0) is 14.0 Å². The van der Waals surface area contributed by atoms with Gasteiger partial charge in [-0.1, -0.05) is 27.2 Å². The summed E-state index contributed by atoms with van der Waals surface area (Å²) in [5, 5.41) is 0. The SMILES string of the molecule is CC[Si](CC)(CC)OC(=O)C(C)(C)CCC[Si](C)(C)[O]. The fraction of sp³-hybridized carbons (Fsp3) is 0.933. The smallest absolute Gasteiger partial charge is 0.298 e. The molecule has 0 aromatic heterocycles. The van der Waals surface area contributed by atoms with E-state index >= 15 is 0 Å². The number of hydrogen-bond donors (Lipinski definition) is 0. The van der Waals surface area contributed by atoms with Crippen LogP contribution in [-0.4, -0.2) is 22.6 Å². The van der Waals surface area contributed by atoms with Gasteiger partial charge in [0.25, 0.3) is 14.3 Å². The molecule has 0 aromatic rings. The Morgan fingerprint density at radius 1 is 1.05 bits per heavy atom. The molecular weight excluding hydrogens is 284 g/mol. The van der Waals surface area contributed by atoms with E-state index in [0.717, 1.165) is 37.0 Å². The largest absolute Gasteiger partial charge is 0.519 e. The van der Waals surface area contributed by atoms with Gasteiger partial charge in [0, 0.05) is 0 Å². The minimum atomic E-state index is -2.25. The van der Waals surface area contributed by atoms with Crippen molar-refractivity contribution in [1.29, 1.82) is 0 Å². The van der Waals surface area contributed by atoms with E-state index in [1.807, 2.05) is 26.9 Å². The summed E-state index contributed by atoms with van der Waals surface area (Å²) in [6.45, 7) is 14.0. The summed E-state index contributed by atoms with van der Waals surface area (Å²) in [4.78, 5) is 24.2. The number of carbonyl (C=O) groups excluding carboxylic acids is 1. The molecule has 1 radical (unpaired) electrons. The van der Waals surface area contributed by atoms with Crippen molar-refractivity contribution in [3.63, 3.8) is 0 Å². The van der Waals surface area contributed by atoms with Crippen molar-refractivity contribution in [2.75, 3.05) is 0 Å². The number of rotatable bonds is 9. The maximum Gasteiger partial charge on any atom is 0.298 e. The van der Waals surface area contributed by atoms with E-state index in [-0.39, 0.29) is 5.97 Å². The summed E-state index contributed by atoms with van der Waals surface area (Å²) in [5.41, 5.74) is -0.461. The zero-order valence-electron chi connectivity index (χ0n) is 14.5. The van der Waals surface area contributed by atoms with Gasteiger partial charge in [-0.3, -0.25) is 9.59 Å². The van der Waals surface area contributed by atoms with Gasteiger partial charge in [-0.15, -0.1) is 0 Å². The Labute approximate surface area is 127 Å². The molecule has 20 heavy (non-hydrogen) atoms. The zero-order valence-corrected chi connectivity index (χ0v) is 16.5. The zero-order chi connectivity index (χ0) is 16.0. The normalized spacial score (nSPS) is 13.4. The molecule has 0 bridgehead atoms. The van der Waals surface area contributed by atoms with Crippen LogP contribution in [0.25, 0.3) is 0 Å². The molecule has 0 spiro atoms. The number of hydrogen-bond acceptors (Lipinski definition) is 2. The molecule has 0 unspecified atom stereocenters. The average molecular weight is 318 g/mol. The first kappa shape index (κ1) is 19.9. The van der Waals surface area contributed by atoms with Gasteiger partial charge in [-0.2, -0.15) is 0 Å². The first-order chi connectivity index (χ1) is 9.02. The van der Waals surface area contributed by atoms with E-state index in [4.69, 9.17) is 4.43 Å². The van der Waals surface area contributed by atoms with Crippen LogP contribution in [0.15, 0.2) is 0 Å². The maximum atomic E-state index is 12.5. The van der Waals surface area contributed by atoms with E-state index in [2.05, 4.69) is 20.8 Å². The summed E-state index contributed by atoms with van der Waals surface area (Å²) < 4.78 is 5.97. The standard InChI is InChI=1S/C15H33O3Si2/c1-8-20(9-2,10-3)18-14(16)15(4,5)12-11-13-19(6,7)17/h8-13H2,1-7H3. The molecule has 0 rings (SSSR count). The lowest BCUT2D eigenvalue weighted by Gasteiger charge is -2.33. The van der Waals surface area contributed by atoms with E-state index in [1.54, 1.807) is 0 Å². The highest BCUT2D eigenvalue weighted by Crippen LogP contribution is 2.31. The third-order valence-corrected chi connectivity index (χ3v) is 10.4. The molecule has 0 N–H and O–H groups in total. The second kappa shape index (κ2) is 7.75. The fourth-order valence-electron chi connectivity index (χ4n) is 2.36. The van der Waals surface area contributed by atoms with Crippen LogP contribution in [0.4, 0.5) is 0 Å². The van der Waals surface area contributed by atoms with Crippen LogP contribution < -0.4 is 0 Å². The van der Waals surface area contributed by atoms with Crippen molar-refractivity contribution in [2.24, 2.45) is 5.41 Å². The Bertz CT molecular complexity index is 296. The van der Waals surface area contributed by atoms with Crippen molar-refractivity contribution in [3.8, 4) is 0 Å². The molecule has 0 aliphatic heterocycles. The summed E-state index contributed by atoms with van der Waals surface area (Å²) >= 11 is 0. The first-order valence-electron chi connectivity index (χ1n) is 7.96. The van der Waals surface area contributed by atoms with Crippen LogP contribution in [0.3, 0.4) is 0 Å². The van der Waals surface area contributed by atoms with Gasteiger partial charge in [-0.25, -0.2) is 0 Å². The lowest BCUT2D eigenvalue weighted by molar-refractivity contribution is -0.145. The fourth-order valence-corrected chi connectivity index (χ4v) is 5.99. The molecule has 3 nitrogen and oxygen atoms in total. The van der Waals surface area contributed by atoms with Gasteiger partial charge in [0.05, 0.1) is 5.41 Å². The monoisotopic (exact) mass is 317 g/mol. The molecular formula is C15H33O3Si2. The number of carbonyl (C=O) groups is 1. The molecule has 0 aliphatic rings. The second-order valence-electron chi connectivity index (χ2n) is 7.13. The van der Waals surface area contributed by atoms with Crippen molar-refractivity contribution < 1.29 is 14.0 Å². The molecule has 0 aromatic carbocycles. The minimum Gasteiger partial charge on any atom is -0.519 e. The highest BCUT2D eigenvalue weighted by Gasteiger charge is 2.38. The molecule has 0 fully saturated rings. The van der Waals surface area contributed by atoms with Gasteiger partial charge in [-0.05, 0) is 57.5 Å². The predicted molar refractivity (Wildman–Crippen MR) is 89.3 cm³/mol. The Hall–Kier alpha value is -0.136. The first-order valence-corrected chi connectivity index (χ1v) is 13.6. The molecule has 0 atom stereocenters. The Morgan fingerprint density at radius 2 is 1.50 bits per heavy atom. The van der Waals surface area contributed by atoms with Crippen LogP contribution >= 0.6 is 0 Å². The second-order valence-corrected chi connectivity index (χ2v) is 15.8. The highest BCUT2D eigenvalue weighted by molar-refractivity contribution is 6.75. The Morgan fingerprint density at radius 3 is 1.85 bits per heavy atom. The van der Waals surface area contributed by atoms with Crippen LogP contribution in [0.2, 0.25) is 37.3 Å². The van der Waals surface area contributed by atoms with Gasteiger partial charge in [0.1, 0.15) is 0 Å². The average Bonchev–Trinajstić information content (AvgIpc) is 2.34. The molecule has 0 heterocycles. The van der Waals surface area contributed by atoms with Crippen molar-refractivity contribution >= 4 is 22.6 Å². The van der Waals surface area contributed by atoms with Crippen LogP contribution in [0, 0.1) is 5.41 Å². The lowest BCUT2D eigenvalue weighted by atomic mass is 9.88. The summed E-state index contributed by atoms with van der Waals surface area (Å²) in [7, 11) is -4.12. The molecule has 5 heteroatoms. The maximum absolute atomic E-state index is 12.5. The Balaban J connectivity index is 4.57. The van der Waals surface area contributed by atoms with E-state index < -0.39 is 22.0 Å². The van der Waals surface area contributed by atoms with E-state index in [1.165, 1.54) is 0 Å². The lowest BCUT2D eigenvalue weighted by Crippen LogP contribution is -2.42. The van der Waals surface area contributed by atoms with Gasteiger partial charge >= 0.3 is 0 Å². The molecule has 0 saturated carbocycles. The van der Waals surface area contributed by atoms with E-state index in [9.17, 15) is 9.59 Å². The predicted octanol–water partition coefficient (Wildman–Crippen LogP) is 4.98. The summed E-state index contributed by atoms with van der Waals surface area (Å²) in [5.74, 6) is -0.0555. The Kier molecular flexibility index (Phi) is 7.70. The topological polar surface area (TPSA) is 46.2 Å². The van der Waals surface area contributed by atoms with Crippen molar-refractivity contribution in [1.82, 2.24) is 0 Å². The quantitative estimate of drug-likeness (QED) is 0.563. The molecule has 0 amide bonds. The molecule has 0 saturated heterocycles. The van der Waals surface area contributed by atoms with E-state index in [0.29, 0.717) is 0 Å². The third kappa shape index (κ3) is 6.54. The molecule has 0 aliphatic carbocycles. The van der Waals surface area contributed by atoms with Gasteiger partial charge in [0.2, 0.25) is 8.32 Å². The van der Waals surface area contributed by atoms with Crippen LogP contribution in [0.1, 0.15) is 47.5 Å². The third-order valence-electron chi connectivity index (χ3n) is 4.38. The van der Waals surface area contributed by atoms with Crippen LogP contribution in [0.5, 0.6) is 0 Å². The minimum absolute atomic E-state index is 0.0555.